The van der Waals surface area contributed by atoms with E-state index in [1.165, 1.54) is 25.4 Å². The number of alkyl halides is 2. The third-order valence-corrected chi connectivity index (χ3v) is 4.79. The Bertz CT molecular complexity index is 906. The van der Waals surface area contributed by atoms with Crippen LogP contribution in [0.5, 0.6) is 11.5 Å². The maximum atomic E-state index is 12.5. The zero-order valence-electron chi connectivity index (χ0n) is 15.9. The molecular formula is C18H18F2N2O7S. The second kappa shape index (κ2) is 10.5. The van der Waals surface area contributed by atoms with Crippen LogP contribution in [0.4, 0.5) is 14.5 Å². The number of thiophene rings is 1. The fourth-order valence-corrected chi connectivity index (χ4v) is 3.34. The largest absolute Gasteiger partial charge is 0.493 e. The number of esters is 1. The minimum absolute atomic E-state index is 0.0704. The fourth-order valence-electron chi connectivity index (χ4n) is 2.57. The van der Waals surface area contributed by atoms with Gasteiger partial charge in [-0.3, -0.25) is 19.7 Å². The van der Waals surface area contributed by atoms with Crippen LogP contribution < -0.4 is 14.8 Å². The van der Waals surface area contributed by atoms with E-state index in [2.05, 4.69) is 10.1 Å². The van der Waals surface area contributed by atoms with Crippen LogP contribution in [0.25, 0.3) is 0 Å². The van der Waals surface area contributed by atoms with Gasteiger partial charge in [-0.1, -0.05) is 6.07 Å². The third-order valence-electron chi connectivity index (χ3n) is 3.80. The molecule has 0 aliphatic heterocycles. The molecule has 9 nitrogen and oxygen atoms in total. The topological polar surface area (TPSA) is 117 Å². The molecule has 1 unspecified atom stereocenters. The molecule has 2 aromatic rings. The molecule has 1 N–H and O–H groups in total. The average Bonchev–Trinajstić information content (AvgIpc) is 3.20. The second-order valence-electron chi connectivity index (χ2n) is 5.90. The van der Waals surface area contributed by atoms with Gasteiger partial charge in [0.05, 0.1) is 36.1 Å². The van der Waals surface area contributed by atoms with Crippen molar-refractivity contribution in [1.82, 2.24) is 5.32 Å². The van der Waals surface area contributed by atoms with Gasteiger partial charge >= 0.3 is 12.6 Å². The van der Waals surface area contributed by atoms with Crippen molar-refractivity contribution >= 4 is 28.9 Å². The lowest BCUT2D eigenvalue weighted by Gasteiger charge is -2.16. The number of methoxy groups -OCH3 is 1. The van der Waals surface area contributed by atoms with Crippen molar-refractivity contribution in [2.24, 2.45) is 0 Å². The Morgan fingerprint density at radius 2 is 2.03 bits per heavy atom. The second-order valence-corrected chi connectivity index (χ2v) is 6.88. The molecule has 0 aliphatic carbocycles. The Kier molecular flexibility index (Phi) is 8.04. The summed E-state index contributed by atoms with van der Waals surface area (Å²) in [4.78, 5) is 34.9. The minimum atomic E-state index is -3.20. The SMILES string of the molecule is COc1cc(COC(=O)CC(NC(C)=O)c2cccs2)c([N+](=O)[O-])cc1OC(F)F. The number of nitro groups is 1. The molecule has 0 radical (unpaired) electrons. The first kappa shape index (κ1) is 23.0. The van der Waals surface area contributed by atoms with Crippen molar-refractivity contribution in [1.29, 1.82) is 0 Å². The van der Waals surface area contributed by atoms with E-state index in [1.807, 2.05) is 0 Å². The van der Waals surface area contributed by atoms with Crippen LogP contribution in [-0.4, -0.2) is 30.5 Å². The van der Waals surface area contributed by atoms with Crippen LogP contribution >= 0.6 is 11.3 Å². The first-order valence-electron chi connectivity index (χ1n) is 8.47. The minimum Gasteiger partial charge on any atom is -0.493 e. The van der Waals surface area contributed by atoms with Crippen LogP contribution in [0.3, 0.4) is 0 Å². The summed E-state index contributed by atoms with van der Waals surface area (Å²) in [6, 6.07) is 4.77. The lowest BCUT2D eigenvalue weighted by molar-refractivity contribution is -0.386. The number of ether oxygens (including phenoxy) is 3. The van der Waals surface area contributed by atoms with E-state index in [0.717, 1.165) is 17.0 Å². The summed E-state index contributed by atoms with van der Waals surface area (Å²) < 4.78 is 39.3. The first-order chi connectivity index (χ1) is 14.2. The Morgan fingerprint density at radius 1 is 1.30 bits per heavy atom. The van der Waals surface area contributed by atoms with E-state index in [-0.39, 0.29) is 23.6 Å². The van der Waals surface area contributed by atoms with Crippen molar-refractivity contribution in [3.63, 3.8) is 0 Å². The summed E-state index contributed by atoms with van der Waals surface area (Å²) in [5, 5.41) is 15.7. The highest BCUT2D eigenvalue weighted by Crippen LogP contribution is 2.36. The lowest BCUT2D eigenvalue weighted by Crippen LogP contribution is -2.28. The van der Waals surface area contributed by atoms with Crippen molar-refractivity contribution in [3.05, 3.63) is 50.2 Å². The summed E-state index contributed by atoms with van der Waals surface area (Å²) in [5.74, 6) is -1.75. The molecule has 1 aromatic carbocycles. The zero-order chi connectivity index (χ0) is 22.3. The maximum Gasteiger partial charge on any atom is 0.387 e. The molecule has 2 rings (SSSR count). The van der Waals surface area contributed by atoms with E-state index in [1.54, 1.807) is 17.5 Å². The van der Waals surface area contributed by atoms with Gasteiger partial charge in [-0.25, -0.2) is 0 Å². The van der Waals surface area contributed by atoms with Crippen LogP contribution in [0.15, 0.2) is 29.6 Å². The first-order valence-corrected chi connectivity index (χ1v) is 9.35. The molecule has 30 heavy (non-hydrogen) atoms. The smallest absolute Gasteiger partial charge is 0.387 e. The predicted octanol–water partition coefficient (Wildman–Crippen LogP) is 3.58. The summed E-state index contributed by atoms with van der Waals surface area (Å²) in [6.45, 7) is -2.40. The molecule has 0 aliphatic rings. The summed E-state index contributed by atoms with van der Waals surface area (Å²) >= 11 is 1.34. The number of nitro benzene ring substituents is 1. The number of nitrogens with zero attached hydrogens (tertiary/aromatic N) is 1. The highest BCUT2D eigenvalue weighted by molar-refractivity contribution is 7.10. The van der Waals surface area contributed by atoms with Gasteiger partial charge in [0.2, 0.25) is 5.91 Å². The van der Waals surface area contributed by atoms with Crippen molar-refractivity contribution in [2.45, 2.75) is 32.6 Å². The quantitative estimate of drug-likeness (QED) is 0.338. The zero-order valence-corrected chi connectivity index (χ0v) is 16.7. The average molecular weight is 444 g/mol. The van der Waals surface area contributed by atoms with E-state index in [9.17, 15) is 28.5 Å². The van der Waals surface area contributed by atoms with Gasteiger partial charge in [0, 0.05) is 11.8 Å². The lowest BCUT2D eigenvalue weighted by atomic mass is 10.1. The van der Waals surface area contributed by atoms with Crippen molar-refractivity contribution in [2.75, 3.05) is 7.11 Å². The molecule has 1 heterocycles. The number of rotatable bonds is 10. The molecule has 1 aromatic heterocycles. The number of halogens is 2. The normalized spacial score (nSPS) is 11.6. The van der Waals surface area contributed by atoms with Crippen LogP contribution in [0, 0.1) is 10.1 Å². The Labute approximate surface area is 173 Å². The molecule has 1 amide bonds. The molecule has 0 saturated carbocycles. The highest BCUT2D eigenvalue weighted by atomic mass is 32.1. The molecule has 162 valence electrons. The van der Waals surface area contributed by atoms with Crippen molar-refractivity contribution in [3.8, 4) is 11.5 Å². The van der Waals surface area contributed by atoms with Gasteiger partial charge in [-0.15, -0.1) is 11.3 Å². The van der Waals surface area contributed by atoms with Gasteiger partial charge in [-0.05, 0) is 17.5 Å². The summed E-state index contributed by atoms with van der Waals surface area (Å²) in [6.07, 6.45) is -0.197. The third kappa shape index (κ3) is 6.37. The molecule has 0 spiro atoms. The van der Waals surface area contributed by atoms with Gasteiger partial charge in [0.25, 0.3) is 5.69 Å². The molecule has 0 fully saturated rings. The molecule has 12 heteroatoms. The standard InChI is InChI=1S/C18H18F2N2O7S/c1-10(23)21-12(16-4-3-5-30-16)7-17(24)28-9-11-6-14(27-2)15(29-18(19)20)8-13(11)22(25)26/h3-6,8,12,18H,7,9H2,1-2H3,(H,21,23). The monoisotopic (exact) mass is 444 g/mol. The number of amides is 1. The van der Waals surface area contributed by atoms with E-state index in [0.29, 0.717) is 0 Å². The van der Waals surface area contributed by atoms with E-state index in [4.69, 9.17) is 9.47 Å². The molecule has 0 bridgehead atoms. The number of nitrogens with one attached hydrogen (secondary N) is 1. The number of hydrogen-bond acceptors (Lipinski definition) is 8. The van der Waals surface area contributed by atoms with Gasteiger partial charge < -0.3 is 19.5 Å². The number of carbonyl (C=O) groups is 2. The highest BCUT2D eigenvalue weighted by Gasteiger charge is 2.24. The predicted molar refractivity (Wildman–Crippen MR) is 102 cm³/mol. The van der Waals surface area contributed by atoms with Gasteiger partial charge in [0.15, 0.2) is 11.5 Å². The summed E-state index contributed by atoms with van der Waals surface area (Å²) in [5.41, 5.74) is -0.644. The van der Waals surface area contributed by atoms with E-state index >= 15 is 0 Å². The van der Waals surface area contributed by atoms with Crippen LogP contribution in [-0.2, 0) is 20.9 Å². The molecular weight excluding hydrogens is 426 g/mol. The van der Waals surface area contributed by atoms with Gasteiger partial charge in [-0.2, -0.15) is 8.78 Å². The number of benzene rings is 1. The Hall–Kier alpha value is -3.28. The van der Waals surface area contributed by atoms with E-state index < -0.39 is 41.6 Å². The fraction of sp³-hybridized carbons (Fsp3) is 0.333. The number of hydrogen-bond donors (Lipinski definition) is 1. The Morgan fingerprint density at radius 3 is 2.57 bits per heavy atom. The van der Waals surface area contributed by atoms with Crippen molar-refractivity contribution < 1.29 is 37.5 Å². The summed E-state index contributed by atoms with van der Waals surface area (Å²) in [7, 11) is 1.17. The molecule has 1 atom stereocenters. The van der Waals surface area contributed by atoms with Crippen LogP contribution in [0.1, 0.15) is 29.8 Å². The number of carbonyl (C=O) groups excluding carboxylic acids is 2. The molecule has 0 saturated heterocycles. The maximum absolute atomic E-state index is 12.5. The van der Waals surface area contributed by atoms with Crippen LogP contribution in [0.2, 0.25) is 0 Å². The van der Waals surface area contributed by atoms with Gasteiger partial charge in [0.1, 0.15) is 6.61 Å². The Balaban J connectivity index is 2.15.